The third-order valence-electron chi connectivity index (χ3n) is 3.73. The van der Waals surface area contributed by atoms with E-state index in [1.54, 1.807) is 0 Å². The van der Waals surface area contributed by atoms with Crippen LogP contribution >= 0.6 is 0 Å². The normalized spacial score (nSPS) is 18.6. The summed E-state index contributed by atoms with van der Waals surface area (Å²) in [6.07, 6.45) is 9.69. The number of hydrogen-bond acceptors (Lipinski definition) is 1. The van der Waals surface area contributed by atoms with Crippen LogP contribution in [0.2, 0.25) is 0 Å². The van der Waals surface area contributed by atoms with Crippen molar-refractivity contribution >= 4 is 0 Å². The van der Waals surface area contributed by atoms with E-state index < -0.39 is 0 Å². The second-order valence-corrected chi connectivity index (χ2v) is 5.20. The van der Waals surface area contributed by atoms with Crippen LogP contribution < -0.4 is 0 Å². The predicted molar refractivity (Wildman–Crippen MR) is 74.3 cm³/mol. The number of nitrogens with zero attached hydrogens (tertiary/aromatic N) is 1. The van der Waals surface area contributed by atoms with Gasteiger partial charge in [0.15, 0.2) is 0 Å². The molecule has 1 heteroatoms. The van der Waals surface area contributed by atoms with Gasteiger partial charge in [-0.15, -0.1) is 0 Å². The molecule has 0 bridgehead atoms. The van der Waals surface area contributed by atoms with Crippen LogP contribution in [0.4, 0.5) is 0 Å². The zero-order valence-electron chi connectivity index (χ0n) is 10.9. The minimum atomic E-state index is 1.23. The van der Waals surface area contributed by atoms with E-state index in [2.05, 4.69) is 35.2 Å². The van der Waals surface area contributed by atoms with E-state index in [0.29, 0.717) is 0 Å². The Balaban J connectivity index is 1.66. The van der Waals surface area contributed by atoms with Crippen molar-refractivity contribution in [2.75, 3.05) is 19.6 Å². The van der Waals surface area contributed by atoms with Gasteiger partial charge in [-0.2, -0.15) is 0 Å². The second kappa shape index (κ2) is 7.50. The minimum absolute atomic E-state index is 1.23. The minimum Gasteiger partial charge on any atom is -0.303 e. The van der Waals surface area contributed by atoms with Crippen LogP contribution in [0.5, 0.6) is 0 Å². The van der Waals surface area contributed by atoms with Crippen LogP contribution in [0.3, 0.4) is 0 Å². The molecule has 0 N–H and O–H groups in total. The van der Waals surface area contributed by atoms with Gasteiger partial charge >= 0.3 is 0 Å². The predicted octanol–water partition coefficient (Wildman–Crippen LogP) is 3.89. The summed E-state index contributed by atoms with van der Waals surface area (Å²) in [7, 11) is 0. The first-order valence-electron chi connectivity index (χ1n) is 7.21. The Hall–Kier alpha value is -0.820. The average molecular weight is 231 g/mol. The molecule has 1 aliphatic heterocycles. The van der Waals surface area contributed by atoms with Crippen LogP contribution in [0, 0.1) is 0 Å². The molecule has 1 heterocycles. The molecule has 1 fully saturated rings. The summed E-state index contributed by atoms with van der Waals surface area (Å²) < 4.78 is 0. The fraction of sp³-hybridized carbons (Fsp3) is 0.625. The highest BCUT2D eigenvalue weighted by molar-refractivity contribution is 5.14. The van der Waals surface area contributed by atoms with Crippen molar-refractivity contribution in [2.24, 2.45) is 0 Å². The number of likely N-dealkylation sites (tertiary alicyclic amines) is 1. The third-order valence-corrected chi connectivity index (χ3v) is 3.73. The van der Waals surface area contributed by atoms with Crippen molar-refractivity contribution < 1.29 is 0 Å². The molecule has 1 nitrogen and oxygen atoms in total. The summed E-state index contributed by atoms with van der Waals surface area (Å²) in [6, 6.07) is 10.9. The molecule has 0 aliphatic carbocycles. The molecule has 1 aromatic rings. The van der Waals surface area contributed by atoms with E-state index in [1.807, 2.05) is 0 Å². The maximum atomic E-state index is 2.67. The van der Waals surface area contributed by atoms with Gasteiger partial charge in [-0.05, 0) is 50.9 Å². The Morgan fingerprint density at radius 1 is 0.824 bits per heavy atom. The molecule has 1 aromatic carbocycles. The Kier molecular flexibility index (Phi) is 5.57. The topological polar surface area (TPSA) is 3.24 Å². The van der Waals surface area contributed by atoms with Gasteiger partial charge in [-0.3, -0.25) is 0 Å². The monoisotopic (exact) mass is 231 g/mol. The van der Waals surface area contributed by atoms with Crippen LogP contribution in [0.1, 0.15) is 44.1 Å². The molecule has 17 heavy (non-hydrogen) atoms. The first kappa shape index (κ1) is 12.6. The van der Waals surface area contributed by atoms with Crippen molar-refractivity contribution in [1.29, 1.82) is 0 Å². The fourth-order valence-electron chi connectivity index (χ4n) is 2.69. The van der Waals surface area contributed by atoms with Crippen LogP contribution in [0.15, 0.2) is 30.3 Å². The largest absolute Gasteiger partial charge is 0.303 e. The number of aryl methyl sites for hydroxylation is 1. The molecule has 0 radical (unpaired) electrons. The van der Waals surface area contributed by atoms with Gasteiger partial charge in [0.2, 0.25) is 0 Å². The van der Waals surface area contributed by atoms with Crippen molar-refractivity contribution in [1.82, 2.24) is 4.90 Å². The molecule has 94 valence electrons. The Labute approximate surface area is 106 Å². The Morgan fingerprint density at radius 3 is 2.18 bits per heavy atom. The molecule has 0 amide bonds. The average Bonchev–Trinajstić information content (AvgIpc) is 2.33. The van der Waals surface area contributed by atoms with Crippen LogP contribution in [-0.2, 0) is 6.42 Å². The van der Waals surface area contributed by atoms with Gasteiger partial charge < -0.3 is 4.90 Å². The molecule has 1 aliphatic rings. The molecule has 0 spiro atoms. The zero-order chi connectivity index (χ0) is 11.8. The SMILES string of the molecule is c1ccc(CCCN2CCCCCCC2)cc1. The smallest absolute Gasteiger partial charge is 0.00156 e. The van der Waals surface area contributed by atoms with Gasteiger partial charge in [-0.1, -0.05) is 49.6 Å². The Bertz CT molecular complexity index is 286. The highest BCUT2D eigenvalue weighted by atomic mass is 15.1. The Morgan fingerprint density at radius 2 is 1.47 bits per heavy atom. The van der Waals surface area contributed by atoms with E-state index in [4.69, 9.17) is 0 Å². The summed E-state index contributed by atoms with van der Waals surface area (Å²) >= 11 is 0. The maximum Gasteiger partial charge on any atom is -0.00156 e. The molecule has 0 aromatic heterocycles. The lowest BCUT2D eigenvalue weighted by Crippen LogP contribution is -2.28. The maximum absolute atomic E-state index is 2.67. The highest BCUT2D eigenvalue weighted by Gasteiger charge is 2.07. The zero-order valence-corrected chi connectivity index (χ0v) is 10.9. The first-order chi connectivity index (χ1) is 8.45. The van der Waals surface area contributed by atoms with E-state index in [9.17, 15) is 0 Å². The second-order valence-electron chi connectivity index (χ2n) is 5.20. The molecule has 0 saturated carbocycles. The lowest BCUT2D eigenvalue weighted by molar-refractivity contribution is 0.245. The van der Waals surface area contributed by atoms with Crippen molar-refractivity contribution in [2.45, 2.75) is 44.9 Å². The number of rotatable bonds is 4. The summed E-state index contributed by atoms with van der Waals surface area (Å²) in [5.41, 5.74) is 1.49. The van der Waals surface area contributed by atoms with Crippen molar-refractivity contribution in [3.05, 3.63) is 35.9 Å². The highest BCUT2D eigenvalue weighted by Crippen LogP contribution is 2.11. The van der Waals surface area contributed by atoms with Gasteiger partial charge in [0.25, 0.3) is 0 Å². The number of hydrogen-bond donors (Lipinski definition) is 0. The van der Waals surface area contributed by atoms with E-state index >= 15 is 0 Å². The van der Waals surface area contributed by atoms with E-state index in [-0.39, 0.29) is 0 Å². The van der Waals surface area contributed by atoms with Crippen molar-refractivity contribution in [3.63, 3.8) is 0 Å². The van der Waals surface area contributed by atoms with Gasteiger partial charge in [-0.25, -0.2) is 0 Å². The van der Waals surface area contributed by atoms with E-state index in [1.165, 1.54) is 70.1 Å². The van der Waals surface area contributed by atoms with Gasteiger partial charge in [0.05, 0.1) is 0 Å². The molecule has 2 rings (SSSR count). The first-order valence-corrected chi connectivity index (χ1v) is 7.21. The summed E-state index contributed by atoms with van der Waals surface area (Å²) in [4.78, 5) is 2.67. The lowest BCUT2D eigenvalue weighted by Gasteiger charge is -2.24. The van der Waals surface area contributed by atoms with Crippen LogP contribution in [-0.4, -0.2) is 24.5 Å². The van der Waals surface area contributed by atoms with Gasteiger partial charge in [0, 0.05) is 0 Å². The quantitative estimate of drug-likeness (QED) is 0.760. The summed E-state index contributed by atoms with van der Waals surface area (Å²) in [5, 5.41) is 0. The molecule has 0 atom stereocenters. The summed E-state index contributed by atoms with van der Waals surface area (Å²) in [6.45, 7) is 3.94. The third kappa shape index (κ3) is 4.91. The van der Waals surface area contributed by atoms with Gasteiger partial charge in [0.1, 0.15) is 0 Å². The molecule has 1 saturated heterocycles. The molecular formula is C16H25N. The number of benzene rings is 1. The molecular weight excluding hydrogens is 206 g/mol. The standard InChI is InChI=1S/C16H25N/c1-2-7-13-17(14-8-3-1)15-9-12-16-10-5-4-6-11-16/h4-6,10-11H,1-3,7-9,12-15H2. The fourth-order valence-corrected chi connectivity index (χ4v) is 2.69. The summed E-state index contributed by atoms with van der Waals surface area (Å²) in [5.74, 6) is 0. The van der Waals surface area contributed by atoms with Crippen LogP contribution in [0.25, 0.3) is 0 Å². The van der Waals surface area contributed by atoms with E-state index in [0.717, 1.165) is 0 Å². The van der Waals surface area contributed by atoms with Crippen molar-refractivity contribution in [3.8, 4) is 0 Å². The lowest BCUT2D eigenvalue weighted by atomic mass is 10.1. The molecule has 0 unspecified atom stereocenters.